The van der Waals surface area contributed by atoms with Gasteiger partial charge in [-0.25, -0.2) is 4.39 Å². The Morgan fingerprint density at radius 1 is 1.33 bits per heavy atom. The molecule has 2 unspecified atom stereocenters. The Labute approximate surface area is 74.3 Å². The van der Waals surface area contributed by atoms with Crippen LogP contribution in [0.2, 0.25) is 0 Å². The van der Waals surface area contributed by atoms with E-state index in [1.165, 1.54) is 19.3 Å². The zero-order valence-corrected chi connectivity index (χ0v) is 7.89. The first-order valence-corrected chi connectivity index (χ1v) is 5.08. The van der Waals surface area contributed by atoms with Crippen LogP contribution in [-0.2, 0) is 4.74 Å². The van der Waals surface area contributed by atoms with Crippen LogP contribution in [0, 0.1) is 0 Å². The van der Waals surface area contributed by atoms with Gasteiger partial charge in [0.1, 0.15) is 6.17 Å². The third-order valence-electron chi connectivity index (χ3n) is 2.44. The van der Waals surface area contributed by atoms with E-state index in [0.717, 1.165) is 12.8 Å². The average molecular weight is 174 g/mol. The average Bonchev–Trinajstić information content (AvgIpc) is 2.09. The Morgan fingerprint density at radius 3 is 2.75 bits per heavy atom. The van der Waals surface area contributed by atoms with Crippen molar-refractivity contribution in [1.82, 2.24) is 0 Å². The third kappa shape index (κ3) is 3.53. The number of ether oxygens (including phenoxy) is 1. The number of alkyl halides is 1. The summed E-state index contributed by atoms with van der Waals surface area (Å²) in [5.74, 6) is 0. The van der Waals surface area contributed by atoms with Crippen LogP contribution in [0.1, 0.15) is 45.4 Å². The van der Waals surface area contributed by atoms with Crippen LogP contribution >= 0.6 is 0 Å². The Bertz CT molecular complexity index is 108. The molecule has 2 atom stereocenters. The molecule has 0 radical (unpaired) electrons. The van der Waals surface area contributed by atoms with E-state index in [2.05, 4.69) is 6.92 Å². The van der Waals surface area contributed by atoms with Crippen LogP contribution in [0.4, 0.5) is 4.39 Å². The van der Waals surface area contributed by atoms with Gasteiger partial charge >= 0.3 is 0 Å². The topological polar surface area (TPSA) is 9.23 Å². The van der Waals surface area contributed by atoms with Crippen molar-refractivity contribution in [2.45, 2.75) is 57.7 Å². The highest BCUT2D eigenvalue weighted by molar-refractivity contribution is 4.69. The van der Waals surface area contributed by atoms with Crippen LogP contribution < -0.4 is 0 Å². The Balaban J connectivity index is 2.01. The molecule has 0 aromatic heterocycles. The molecule has 1 nitrogen and oxygen atoms in total. The van der Waals surface area contributed by atoms with E-state index >= 15 is 0 Å². The molecule has 0 N–H and O–H groups in total. The van der Waals surface area contributed by atoms with E-state index in [0.29, 0.717) is 19.1 Å². The van der Waals surface area contributed by atoms with E-state index in [-0.39, 0.29) is 0 Å². The lowest BCUT2D eigenvalue weighted by molar-refractivity contribution is -0.0309. The molecular formula is C10H19FO. The molecule has 72 valence electrons. The van der Waals surface area contributed by atoms with Gasteiger partial charge in [0.2, 0.25) is 0 Å². The van der Waals surface area contributed by atoms with Crippen LogP contribution in [0.15, 0.2) is 0 Å². The van der Waals surface area contributed by atoms with Gasteiger partial charge in [-0.2, -0.15) is 0 Å². The maximum absolute atomic E-state index is 12.6. The molecule has 1 aliphatic heterocycles. The largest absolute Gasteiger partial charge is 0.375 e. The van der Waals surface area contributed by atoms with Crippen molar-refractivity contribution in [3.8, 4) is 0 Å². The fourth-order valence-electron chi connectivity index (χ4n) is 1.62. The summed E-state index contributed by atoms with van der Waals surface area (Å²) in [6.07, 6.45) is 6.16. The van der Waals surface area contributed by atoms with Gasteiger partial charge in [0, 0.05) is 0 Å². The van der Waals surface area contributed by atoms with Crippen molar-refractivity contribution in [1.29, 1.82) is 0 Å². The fraction of sp³-hybridized carbons (Fsp3) is 1.00. The van der Waals surface area contributed by atoms with Crippen molar-refractivity contribution in [3.63, 3.8) is 0 Å². The van der Waals surface area contributed by atoms with Crippen molar-refractivity contribution in [2.75, 3.05) is 6.61 Å². The summed E-state index contributed by atoms with van der Waals surface area (Å²) < 4.78 is 18.0. The zero-order valence-electron chi connectivity index (χ0n) is 7.89. The van der Waals surface area contributed by atoms with Crippen LogP contribution in [-0.4, -0.2) is 18.9 Å². The highest BCUT2D eigenvalue weighted by Crippen LogP contribution is 2.20. The van der Waals surface area contributed by atoms with E-state index in [9.17, 15) is 4.39 Å². The number of hydrogen-bond acceptors (Lipinski definition) is 1. The van der Waals surface area contributed by atoms with Crippen molar-refractivity contribution in [3.05, 3.63) is 0 Å². The Kier molecular flexibility index (Phi) is 4.59. The SMILES string of the molecule is CCCCCC1CCC(F)CO1. The first-order valence-electron chi connectivity index (χ1n) is 5.08. The minimum atomic E-state index is -0.701. The first kappa shape index (κ1) is 9.97. The number of unbranched alkanes of at least 4 members (excludes halogenated alkanes) is 2. The Hall–Kier alpha value is -0.110. The summed E-state index contributed by atoms with van der Waals surface area (Å²) in [6, 6.07) is 0. The van der Waals surface area contributed by atoms with Gasteiger partial charge in [-0.3, -0.25) is 0 Å². The third-order valence-corrected chi connectivity index (χ3v) is 2.44. The zero-order chi connectivity index (χ0) is 8.81. The highest BCUT2D eigenvalue weighted by Gasteiger charge is 2.20. The molecule has 1 rings (SSSR count). The summed E-state index contributed by atoms with van der Waals surface area (Å²) in [5.41, 5.74) is 0. The van der Waals surface area contributed by atoms with Gasteiger partial charge in [0.15, 0.2) is 0 Å². The molecule has 0 aliphatic carbocycles. The smallest absolute Gasteiger partial charge is 0.123 e. The first-order chi connectivity index (χ1) is 5.83. The van der Waals surface area contributed by atoms with Crippen molar-refractivity contribution in [2.24, 2.45) is 0 Å². The summed E-state index contributed by atoms with van der Waals surface area (Å²) in [7, 11) is 0. The lowest BCUT2D eigenvalue weighted by Gasteiger charge is -2.24. The molecule has 1 heterocycles. The summed E-state index contributed by atoms with van der Waals surface area (Å²) in [4.78, 5) is 0. The van der Waals surface area contributed by atoms with Gasteiger partial charge < -0.3 is 4.74 Å². The normalized spacial score (nSPS) is 30.5. The van der Waals surface area contributed by atoms with E-state index in [1.54, 1.807) is 0 Å². The summed E-state index contributed by atoms with van der Waals surface area (Å²) >= 11 is 0. The van der Waals surface area contributed by atoms with Crippen molar-refractivity contribution >= 4 is 0 Å². The molecular weight excluding hydrogens is 155 g/mol. The quantitative estimate of drug-likeness (QED) is 0.595. The molecule has 0 aromatic rings. The number of hydrogen-bond donors (Lipinski definition) is 0. The second-order valence-electron chi connectivity index (χ2n) is 3.63. The fourth-order valence-corrected chi connectivity index (χ4v) is 1.62. The molecule has 1 aliphatic rings. The lowest BCUT2D eigenvalue weighted by Crippen LogP contribution is -2.26. The van der Waals surface area contributed by atoms with Gasteiger partial charge in [-0.05, 0) is 19.3 Å². The molecule has 0 spiro atoms. The van der Waals surface area contributed by atoms with Crippen LogP contribution in [0.3, 0.4) is 0 Å². The molecule has 0 saturated carbocycles. The molecule has 0 aromatic carbocycles. The summed E-state index contributed by atoms with van der Waals surface area (Å²) in [5, 5.41) is 0. The van der Waals surface area contributed by atoms with Crippen LogP contribution in [0.25, 0.3) is 0 Å². The molecule has 0 bridgehead atoms. The molecule has 2 heteroatoms. The lowest BCUT2D eigenvalue weighted by atomic mass is 10.0. The second-order valence-corrected chi connectivity index (χ2v) is 3.63. The predicted molar refractivity (Wildman–Crippen MR) is 48.0 cm³/mol. The molecule has 12 heavy (non-hydrogen) atoms. The van der Waals surface area contributed by atoms with Gasteiger partial charge in [0.05, 0.1) is 12.7 Å². The molecule has 1 saturated heterocycles. The van der Waals surface area contributed by atoms with E-state index in [1.807, 2.05) is 0 Å². The van der Waals surface area contributed by atoms with E-state index < -0.39 is 6.17 Å². The minimum absolute atomic E-state index is 0.330. The van der Waals surface area contributed by atoms with E-state index in [4.69, 9.17) is 4.74 Å². The van der Waals surface area contributed by atoms with Crippen molar-refractivity contribution < 1.29 is 9.13 Å². The summed E-state index contributed by atoms with van der Waals surface area (Å²) in [6.45, 7) is 2.52. The maximum Gasteiger partial charge on any atom is 0.123 e. The minimum Gasteiger partial charge on any atom is -0.375 e. The molecule has 0 amide bonds. The van der Waals surface area contributed by atoms with Gasteiger partial charge in [-0.15, -0.1) is 0 Å². The number of rotatable bonds is 4. The monoisotopic (exact) mass is 174 g/mol. The number of halogens is 1. The van der Waals surface area contributed by atoms with Gasteiger partial charge in [-0.1, -0.05) is 26.2 Å². The molecule has 1 fully saturated rings. The standard InChI is InChI=1S/C10H19FO/c1-2-3-4-5-10-7-6-9(11)8-12-10/h9-10H,2-8H2,1H3. The predicted octanol–water partition coefficient (Wildman–Crippen LogP) is 3.08. The van der Waals surface area contributed by atoms with Crippen LogP contribution in [0.5, 0.6) is 0 Å². The Morgan fingerprint density at radius 2 is 2.17 bits per heavy atom. The maximum atomic E-state index is 12.6. The highest BCUT2D eigenvalue weighted by atomic mass is 19.1. The second kappa shape index (κ2) is 5.52. The van der Waals surface area contributed by atoms with Gasteiger partial charge in [0.25, 0.3) is 0 Å².